The van der Waals surface area contributed by atoms with E-state index in [4.69, 9.17) is 0 Å². The maximum atomic E-state index is 12.6. The number of hydrogen-bond donors (Lipinski definition) is 2. The van der Waals surface area contributed by atoms with Gasteiger partial charge in [0.25, 0.3) is 10.0 Å². The Balaban J connectivity index is 3.11. The Bertz CT molecular complexity index is 484. The van der Waals surface area contributed by atoms with Gasteiger partial charge >= 0.3 is 0 Å². The Labute approximate surface area is 114 Å². The van der Waals surface area contributed by atoms with E-state index in [1.165, 1.54) is 10.5 Å². The summed E-state index contributed by atoms with van der Waals surface area (Å²) in [6.45, 7) is 8.45. The molecule has 0 unspecified atom stereocenters. The molecular formula is C12H23N3O3S. The van der Waals surface area contributed by atoms with Gasteiger partial charge in [0.1, 0.15) is 0 Å². The van der Waals surface area contributed by atoms with Crippen LogP contribution in [-0.2, 0) is 16.6 Å². The van der Waals surface area contributed by atoms with Gasteiger partial charge in [-0.1, -0.05) is 27.7 Å². The number of aliphatic hydroxyl groups excluding tert-OH is 1. The Morgan fingerprint density at radius 3 is 2.21 bits per heavy atom. The average Bonchev–Trinajstić information content (AvgIpc) is 2.75. The van der Waals surface area contributed by atoms with Crippen LogP contribution >= 0.6 is 0 Å². The lowest BCUT2D eigenvalue weighted by Gasteiger charge is -2.25. The fourth-order valence-electron chi connectivity index (χ4n) is 1.85. The molecule has 0 aromatic carbocycles. The molecule has 0 amide bonds. The number of H-pyrrole nitrogens is 1. The van der Waals surface area contributed by atoms with Crippen molar-refractivity contribution in [2.24, 2.45) is 11.8 Å². The second kappa shape index (κ2) is 6.49. The maximum absolute atomic E-state index is 12.6. The van der Waals surface area contributed by atoms with Gasteiger partial charge in [0, 0.05) is 18.7 Å². The molecule has 0 spiro atoms. The third-order valence-electron chi connectivity index (χ3n) is 2.58. The van der Waals surface area contributed by atoms with Crippen molar-refractivity contribution < 1.29 is 13.5 Å². The van der Waals surface area contributed by atoms with E-state index in [1.807, 2.05) is 27.7 Å². The third-order valence-corrected chi connectivity index (χ3v) is 4.43. The Hall–Kier alpha value is -0.920. The quantitative estimate of drug-likeness (QED) is 0.790. The number of rotatable bonds is 7. The van der Waals surface area contributed by atoms with Crippen LogP contribution in [-0.4, -0.2) is 41.1 Å². The Morgan fingerprint density at radius 2 is 1.79 bits per heavy atom. The average molecular weight is 289 g/mol. The molecule has 0 saturated carbocycles. The normalized spacial score (nSPS) is 12.8. The molecule has 0 fully saturated rings. The van der Waals surface area contributed by atoms with Crippen molar-refractivity contribution in [2.45, 2.75) is 39.3 Å². The van der Waals surface area contributed by atoms with E-state index in [0.29, 0.717) is 18.7 Å². The molecule has 0 radical (unpaired) electrons. The molecule has 0 saturated heterocycles. The zero-order valence-corrected chi connectivity index (χ0v) is 12.7. The molecule has 0 aliphatic carbocycles. The fourth-order valence-corrected chi connectivity index (χ4v) is 3.71. The molecule has 2 N–H and O–H groups in total. The summed E-state index contributed by atoms with van der Waals surface area (Å²) in [7, 11) is -3.64. The van der Waals surface area contributed by atoms with E-state index in [9.17, 15) is 13.5 Å². The van der Waals surface area contributed by atoms with Crippen LogP contribution < -0.4 is 0 Å². The van der Waals surface area contributed by atoms with Crippen molar-refractivity contribution in [3.05, 3.63) is 11.8 Å². The first-order chi connectivity index (χ1) is 8.78. The summed E-state index contributed by atoms with van der Waals surface area (Å²) in [5.74, 6) is 0.461. The van der Waals surface area contributed by atoms with Gasteiger partial charge in [-0.3, -0.25) is 5.10 Å². The van der Waals surface area contributed by atoms with E-state index < -0.39 is 10.0 Å². The summed E-state index contributed by atoms with van der Waals surface area (Å²) < 4.78 is 26.6. The predicted molar refractivity (Wildman–Crippen MR) is 72.9 cm³/mol. The summed E-state index contributed by atoms with van der Waals surface area (Å²) in [5, 5.41) is 15.4. The molecule has 110 valence electrons. The Kier molecular flexibility index (Phi) is 5.51. The second-order valence-corrected chi connectivity index (χ2v) is 7.37. The van der Waals surface area contributed by atoms with Crippen molar-refractivity contribution in [1.29, 1.82) is 0 Å². The number of aromatic amines is 1. The SMILES string of the molecule is CC(C)CN(CC(C)C)S(=O)(=O)c1[nH]ncc1CO. The van der Waals surface area contributed by atoms with Gasteiger partial charge in [0.05, 0.1) is 12.8 Å². The number of nitrogens with one attached hydrogen (secondary N) is 1. The minimum absolute atomic E-state index is 0.00343. The summed E-state index contributed by atoms with van der Waals surface area (Å²) in [4.78, 5) is 0. The second-order valence-electron chi connectivity index (χ2n) is 5.49. The van der Waals surface area contributed by atoms with Crippen molar-refractivity contribution >= 4 is 10.0 Å². The number of sulfonamides is 1. The smallest absolute Gasteiger partial charge is 0.260 e. The number of aromatic nitrogens is 2. The van der Waals surface area contributed by atoms with Gasteiger partial charge < -0.3 is 5.11 Å². The van der Waals surface area contributed by atoms with Crippen LogP contribution in [0.2, 0.25) is 0 Å². The Morgan fingerprint density at radius 1 is 1.26 bits per heavy atom. The summed E-state index contributed by atoms with van der Waals surface area (Å²) in [6.07, 6.45) is 1.34. The maximum Gasteiger partial charge on any atom is 0.260 e. The zero-order valence-electron chi connectivity index (χ0n) is 11.9. The van der Waals surface area contributed by atoms with Gasteiger partial charge in [-0.05, 0) is 11.8 Å². The van der Waals surface area contributed by atoms with Crippen LogP contribution in [0, 0.1) is 11.8 Å². The minimum Gasteiger partial charge on any atom is -0.392 e. The van der Waals surface area contributed by atoms with Crippen LogP contribution in [0.1, 0.15) is 33.3 Å². The number of nitrogens with zero attached hydrogens (tertiary/aromatic N) is 2. The molecule has 1 rings (SSSR count). The molecule has 6 nitrogen and oxygen atoms in total. The van der Waals surface area contributed by atoms with E-state index in [-0.39, 0.29) is 23.5 Å². The van der Waals surface area contributed by atoms with Crippen LogP contribution in [0.25, 0.3) is 0 Å². The molecule has 0 atom stereocenters. The van der Waals surface area contributed by atoms with Crippen LogP contribution in [0.4, 0.5) is 0 Å². The minimum atomic E-state index is -3.64. The van der Waals surface area contributed by atoms with Gasteiger partial charge in [-0.15, -0.1) is 0 Å². The standard InChI is InChI=1S/C12H23N3O3S/c1-9(2)6-15(7-10(3)4)19(17,18)12-11(8-16)5-13-14-12/h5,9-10,16H,6-8H2,1-4H3,(H,13,14). The molecule has 19 heavy (non-hydrogen) atoms. The van der Waals surface area contributed by atoms with Crippen LogP contribution in [0.15, 0.2) is 11.2 Å². The molecule has 0 aliphatic heterocycles. The largest absolute Gasteiger partial charge is 0.392 e. The number of aliphatic hydroxyl groups is 1. The van der Waals surface area contributed by atoms with E-state index in [0.717, 1.165) is 0 Å². The van der Waals surface area contributed by atoms with Gasteiger partial charge in [-0.25, -0.2) is 8.42 Å². The van der Waals surface area contributed by atoms with Crippen molar-refractivity contribution in [3.8, 4) is 0 Å². The van der Waals surface area contributed by atoms with Gasteiger partial charge in [0.15, 0.2) is 5.03 Å². The first-order valence-electron chi connectivity index (χ1n) is 6.42. The first-order valence-corrected chi connectivity index (χ1v) is 7.86. The molecule has 1 aromatic rings. The molecule has 7 heteroatoms. The van der Waals surface area contributed by atoms with Crippen LogP contribution in [0.5, 0.6) is 0 Å². The molecular weight excluding hydrogens is 266 g/mol. The fraction of sp³-hybridized carbons (Fsp3) is 0.750. The van der Waals surface area contributed by atoms with Gasteiger partial charge in [0.2, 0.25) is 0 Å². The summed E-state index contributed by atoms with van der Waals surface area (Å²) in [6, 6.07) is 0. The monoisotopic (exact) mass is 289 g/mol. The van der Waals surface area contributed by atoms with E-state index in [2.05, 4.69) is 10.2 Å². The zero-order chi connectivity index (χ0) is 14.6. The van der Waals surface area contributed by atoms with Crippen molar-refractivity contribution in [2.75, 3.05) is 13.1 Å². The van der Waals surface area contributed by atoms with Gasteiger partial charge in [-0.2, -0.15) is 9.40 Å². The van der Waals surface area contributed by atoms with Crippen molar-refractivity contribution in [3.63, 3.8) is 0 Å². The molecule has 1 heterocycles. The molecule has 0 aliphatic rings. The molecule has 0 bridgehead atoms. The van der Waals surface area contributed by atoms with Crippen LogP contribution in [0.3, 0.4) is 0 Å². The lowest BCUT2D eigenvalue weighted by Crippen LogP contribution is -2.37. The lowest BCUT2D eigenvalue weighted by atomic mass is 10.2. The topological polar surface area (TPSA) is 86.3 Å². The summed E-state index contributed by atoms with van der Waals surface area (Å²) >= 11 is 0. The summed E-state index contributed by atoms with van der Waals surface area (Å²) in [5.41, 5.74) is 0.303. The lowest BCUT2D eigenvalue weighted by molar-refractivity contribution is 0.277. The van der Waals surface area contributed by atoms with E-state index in [1.54, 1.807) is 0 Å². The highest BCUT2D eigenvalue weighted by atomic mass is 32.2. The molecule has 1 aromatic heterocycles. The highest BCUT2D eigenvalue weighted by Gasteiger charge is 2.29. The van der Waals surface area contributed by atoms with Crippen molar-refractivity contribution in [1.82, 2.24) is 14.5 Å². The highest BCUT2D eigenvalue weighted by Crippen LogP contribution is 2.20. The third kappa shape index (κ3) is 4.02. The van der Waals surface area contributed by atoms with E-state index >= 15 is 0 Å². The number of hydrogen-bond acceptors (Lipinski definition) is 4. The first kappa shape index (κ1) is 16.1. The highest BCUT2D eigenvalue weighted by molar-refractivity contribution is 7.89. The predicted octanol–water partition coefficient (Wildman–Crippen LogP) is 1.20.